The minimum atomic E-state index is 0.198. The molecule has 1 aromatic carbocycles. The molecule has 1 aliphatic rings. The summed E-state index contributed by atoms with van der Waals surface area (Å²) in [5.74, 6) is 1.04. The molecule has 2 heteroatoms. The van der Waals surface area contributed by atoms with Gasteiger partial charge in [0.25, 0.3) is 0 Å². The van der Waals surface area contributed by atoms with Gasteiger partial charge in [-0.05, 0) is 23.6 Å². The van der Waals surface area contributed by atoms with Crippen LogP contribution in [0.15, 0.2) is 41.5 Å². The summed E-state index contributed by atoms with van der Waals surface area (Å²) in [6.07, 6.45) is 5.89. The molecule has 1 heterocycles. The van der Waals surface area contributed by atoms with Crippen LogP contribution in [0.2, 0.25) is 0 Å². The van der Waals surface area contributed by atoms with Crippen molar-refractivity contribution in [2.45, 2.75) is 19.3 Å². The molecule has 2 nitrogen and oxygen atoms in total. The van der Waals surface area contributed by atoms with E-state index in [0.29, 0.717) is 6.42 Å². The Morgan fingerprint density at radius 2 is 2.17 bits per heavy atom. The molecule has 1 aliphatic carbocycles. The quantitative estimate of drug-likeness (QED) is 0.788. The smallest absolute Gasteiger partial charge is 0.167 e. The maximum atomic E-state index is 12.0. The number of furan rings is 1. The summed E-state index contributed by atoms with van der Waals surface area (Å²) >= 11 is 0. The Labute approximate surface area is 106 Å². The van der Waals surface area contributed by atoms with E-state index in [2.05, 4.69) is 6.58 Å². The topological polar surface area (TPSA) is 30.2 Å². The molecule has 1 aromatic heterocycles. The summed E-state index contributed by atoms with van der Waals surface area (Å²) in [6, 6.07) is 7.99. The Balaban J connectivity index is 2.14. The van der Waals surface area contributed by atoms with Crippen molar-refractivity contribution in [3.63, 3.8) is 0 Å². The number of aryl methyl sites for hydroxylation is 1. The minimum Gasteiger partial charge on any atom is -0.468 e. The van der Waals surface area contributed by atoms with E-state index in [0.717, 1.165) is 40.9 Å². The number of hydrogen-bond acceptors (Lipinski definition) is 2. The number of hydrogen-bond donors (Lipinski definition) is 0. The van der Waals surface area contributed by atoms with E-state index in [1.807, 2.05) is 24.3 Å². The van der Waals surface area contributed by atoms with E-state index < -0.39 is 0 Å². The van der Waals surface area contributed by atoms with Crippen molar-refractivity contribution in [3.05, 3.63) is 54.0 Å². The highest BCUT2D eigenvalue weighted by molar-refractivity contribution is 6.04. The van der Waals surface area contributed by atoms with Gasteiger partial charge in [0.05, 0.1) is 11.8 Å². The van der Waals surface area contributed by atoms with Gasteiger partial charge < -0.3 is 4.42 Å². The van der Waals surface area contributed by atoms with E-state index in [-0.39, 0.29) is 5.78 Å². The normalized spacial score (nSPS) is 14.3. The van der Waals surface area contributed by atoms with Gasteiger partial charge in [0, 0.05) is 18.4 Å². The third-order valence-corrected chi connectivity index (χ3v) is 3.39. The molecule has 0 fully saturated rings. The van der Waals surface area contributed by atoms with Crippen LogP contribution in [-0.4, -0.2) is 5.78 Å². The number of fused-ring (bicyclic) bond motifs is 1. The lowest BCUT2D eigenvalue weighted by Gasteiger charge is -2.10. The van der Waals surface area contributed by atoms with Crippen LogP contribution >= 0.6 is 0 Å². The van der Waals surface area contributed by atoms with Crippen LogP contribution in [0.1, 0.15) is 34.5 Å². The minimum absolute atomic E-state index is 0.198. The maximum absolute atomic E-state index is 12.0. The van der Waals surface area contributed by atoms with Crippen molar-refractivity contribution in [3.8, 4) is 11.1 Å². The molecule has 0 bridgehead atoms. The SMILES string of the molecule is C=Cc1cccc(-c2coc3c2C(=O)CCC3)c1. The van der Waals surface area contributed by atoms with E-state index in [4.69, 9.17) is 4.42 Å². The van der Waals surface area contributed by atoms with E-state index in [1.165, 1.54) is 0 Å². The predicted molar refractivity (Wildman–Crippen MR) is 71.5 cm³/mol. The summed E-state index contributed by atoms with van der Waals surface area (Å²) in [6.45, 7) is 3.77. The Morgan fingerprint density at radius 3 is 3.00 bits per heavy atom. The van der Waals surface area contributed by atoms with Crippen LogP contribution < -0.4 is 0 Å². The Kier molecular flexibility index (Phi) is 2.63. The highest BCUT2D eigenvalue weighted by Gasteiger charge is 2.24. The number of benzene rings is 1. The van der Waals surface area contributed by atoms with E-state index in [9.17, 15) is 4.79 Å². The van der Waals surface area contributed by atoms with Crippen LogP contribution in [0.3, 0.4) is 0 Å². The van der Waals surface area contributed by atoms with Crippen molar-refractivity contribution in [2.75, 3.05) is 0 Å². The number of ketones is 1. The molecule has 0 N–H and O–H groups in total. The van der Waals surface area contributed by atoms with Crippen LogP contribution in [0.25, 0.3) is 17.2 Å². The van der Waals surface area contributed by atoms with E-state index >= 15 is 0 Å². The molecule has 0 saturated heterocycles. The number of carbonyl (C=O) groups excluding carboxylic acids is 1. The summed E-state index contributed by atoms with van der Waals surface area (Å²) in [5, 5.41) is 0. The van der Waals surface area contributed by atoms with Gasteiger partial charge in [-0.1, -0.05) is 30.9 Å². The van der Waals surface area contributed by atoms with Gasteiger partial charge in [-0.2, -0.15) is 0 Å². The van der Waals surface area contributed by atoms with Gasteiger partial charge >= 0.3 is 0 Å². The zero-order valence-electron chi connectivity index (χ0n) is 10.1. The highest BCUT2D eigenvalue weighted by atomic mass is 16.3. The van der Waals surface area contributed by atoms with Gasteiger partial charge in [-0.3, -0.25) is 4.79 Å². The maximum Gasteiger partial charge on any atom is 0.167 e. The second kappa shape index (κ2) is 4.30. The average molecular weight is 238 g/mol. The number of rotatable bonds is 2. The molecule has 18 heavy (non-hydrogen) atoms. The Morgan fingerprint density at radius 1 is 1.28 bits per heavy atom. The van der Waals surface area contributed by atoms with Crippen molar-refractivity contribution in [1.29, 1.82) is 0 Å². The molecule has 0 spiro atoms. The van der Waals surface area contributed by atoms with Crippen LogP contribution in [0.5, 0.6) is 0 Å². The first kappa shape index (κ1) is 11.0. The van der Waals surface area contributed by atoms with Gasteiger partial charge in [0.1, 0.15) is 5.76 Å². The first-order valence-corrected chi connectivity index (χ1v) is 6.16. The van der Waals surface area contributed by atoms with Gasteiger partial charge in [0.2, 0.25) is 0 Å². The molecular formula is C16H14O2. The molecule has 0 radical (unpaired) electrons. The lowest BCUT2D eigenvalue weighted by molar-refractivity contribution is 0.0970. The first-order valence-electron chi connectivity index (χ1n) is 6.16. The monoisotopic (exact) mass is 238 g/mol. The second-order valence-corrected chi connectivity index (χ2v) is 4.55. The fraction of sp³-hybridized carbons (Fsp3) is 0.188. The van der Waals surface area contributed by atoms with Crippen molar-refractivity contribution in [2.24, 2.45) is 0 Å². The van der Waals surface area contributed by atoms with Crippen LogP contribution in [0, 0.1) is 0 Å². The number of carbonyl (C=O) groups is 1. The number of Topliss-reactive ketones (excluding diaryl/α,β-unsaturated/α-hetero) is 1. The highest BCUT2D eigenvalue weighted by Crippen LogP contribution is 2.33. The summed E-state index contributed by atoms with van der Waals surface area (Å²) < 4.78 is 5.54. The molecule has 90 valence electrons. The molecule has 0 saturated carbocycles. The summed E-state index contributed by atoms with van der Waals surface area (Å²) in [5.41, 5.74) is 3.76. The lowest BCUT2D eigenvalue weighted by Crippen LogP contribution is -2.09. The average Bonchev–Trinajstić information content (AvgIpc) is 2.84. The van der Waals surface area contributed by atoms with Crippen LogP contribution in [-0.2, 0) is 6.42 Å². The fourth-order valence-electron chi connectivity index (χ4n) is 2.47. The molecule has 0 unspecified atom stereocenters. The molecule has 0 atom stereocenters. The fourth-order valence-corrected chi connectivity index (χ4v) is 2.47. The Hall–Kier alpha value is -2.09. The zero-order chi connectivity index (χ0) is 12.5. The van der Waals surface area contributed by atoms with Gasteiger partial charge in [0.15, 0.2) is 5.78 Å². The predicted octanol–water partition coefficient (Wildman–Crippen LogP) is 4.11. The van der Waals surface area contributed by atoms with Crippen molar-refractivity contribution >= 4 is 11.9 Å². The largest absolute Gasteiger partial charge is 0.468 e. The molecule has 3 rings (SSSR count). The first-order chi connectivity index (χ1) is 8.79. The van der Waals surface area contributed by atoms with Gasteiger partial charge in [-0.15, -0.1) is 0 Å². The molecular weight excluding hydrogens is 224 g/mol. The second-order valence-electron chi connectivity index (χ2n) is 4.55. The Bertz CT molecular complexity index is 620. The van der Waals surface area contributed by atoms with Crippen molar-refractivity contribution in [1.82, 2.24) is 0 Å². The van der Waals surface area contributed by atoms with E-state index in [1.54, 1.807) is 12.3 Å². The van der Waals surface area contributed by atoms with Gasteiger partial charge in [-0.25, -0.2) is 0 Å². The molecule has 2 aromatic rings. The summed E-state index contributed by atoms with van der Waals surface area (Å²) in [4.78, 5) is 12.0. The lowest BCUT2D eigenvalue weighted by atomic mass is 9.91. The molecule has 0 amide bonds. The third kappa shape index (κ3) is 1.70. The molecule has 0 aliphatic heterocycles. The standard InChI is InChI=1S/C16H14O2/c1-2-11-5-3-6-12(9-11)13-10-18-15-8-4-7-14(17)16(13)15/h2-3,5-6,9-10H,1,4,7-8H2. The van der Waals surface area contributed by atoms with Crippen LogP contribution in [0.4, 0.5) is 0 Å². The van der Waals surface area contributed by atoms with Crippen molar-refractivity contribution < 1.29 is 9.21 Å². The third-order valence-electron chi connectivity index (χ3n) is 3.39. The zero-order valence-corrected chi connectivity index (χ0v) is 10.1. The summed E-state index contributed by atoms with van der Waals surface area (Å²) in [7, 11) is 0.